The minimum atomic E-state index is -0.0360. The van der Waals surface area contributed by atoms with Crippen molar-refractivity contribution in [3.8, 4) is 5.75 Å². The van der Waals surface area contributed by atoms with E-state index in [4.69, 9.17) is 4.74 Å². The molecule has 3 heterocycles. The number of carbonyl (C=O) groups is 1. The highest BCUT2D eigenvalue weighted by atomic mass is 16.5. The Morgan fingerprint density at radius 3 is 2.91 bits per heavy atom. The summed E-state index contributed by atoms with van der Waals surface area (Å²) in [6, 6.07) is 10.0. The highest BCUT2D eigenvalue weighted by Crippen LogP contribution is 2.27. The lowest BCUT2D eigenvalue weighted by Gasteiger charge is -2.46. The molecule has 2 N–H and O–H groups in total. The van der Waals surface area contributed by atoms with Crippen LogP contribution in [0.2, 0.25) is 0 Å². The molecule has 3 fully saturated rings. The molecule has 0 saturated carbocycles. The number of nitrogens with one attached hydrogen (secondary N) is 2. The number of benzene rings is 1. The molecule has 1 amide bonds. The van der Waals surface area contributed by atoms with E-state index in [1.54, 1.807) is 4.90 Å². The number of amides is 1. The normalized spacial score (nSPS) is 29.8. The average molecular weight is 301 g/mol. The summed E-state index contributed by atoms with van der Waals surface area (Å²) in [5.74, 6) is 2.12. The van der Waals surface area contributed by atoms with E-state index < -0.39 is 0 Å². The Labute approximate surface area is 132 Å². The van der Waals surface area contributed by atoms with Crippen molar-refractivity contribution in [1.29, 1.82) is 0 Å². The molecule has 3 aliphatic rings. The van der Waals surface area contributed by atoms with Gasteiger partial charge in [0.25, 0.3) is 5.91 Å². The quantitative estimate of drug-likeness (QED) is 0.758. The smallest absolute Gasteiger partial charge is 0.258 e. The zero-order chi connectivity index (χ0) is 15.4. The Morgan fingerprint density at radius 1 is 1.41 bits per heavy atom. The predicted molar refractivity (Wildman–Crippen MR) is 85.8 cm³/mol. The first kappa shape index (κ1) is 15.1. The number of hydrogen-bond donors (Lipinski definition) is 2. The van der Waals surface area contributed by atoms with Crippen molar-refractivity contribution in [3.05, 3.63) is 43.0 Å². The van der Waals surface area contributed by atoms with E-state index in [9.17, 15) is 4.79 Å². The van der Waals surface area contributed by atoms with E-state index >= 15 is 0 Å². The Kier molecular flexibility index (Phi) is 4.78. The van der Waals surface area contributed by atoms with Crippen molar-refractivity contribution in [3.63, 3.8) is 0 Å². The number of piperidine rings is 3. The summed E-state index contributed by atoms with van der Waals surface area (Å²) in [5.41, 5.74) is 0. The van der Waals surface area contributed by atoms with Crippen molar-refractivity contribution in [1.82, 2.24) is 5.32 Å². The number of carbonyl (C=O) groups excluding carboxylic acids is 1. The summed E-state index contributed by atoms with van der Waals surface area (Å²) >= 11 is 0. The van der Waals surface area contributed by atoms with E-state index in [1.807, 2.05) is 30.3 Å². The minimum absolute atomic E-state index is 0.0360. The minimum Gasteiger partial charge on any atom is -0.484 e. The van der Waals surface area contributed by atoms with Crippen LogP contribution in [-0.2, 0) is 4.79 Å². The van der Waals surface area contributed by atoms with Crippen LogP contribution in [0.1, 0.15) is 12.8 Å². The number of quaternary nitrogens is 1. The fourth-order valence-electron chi connectivity index (χ4n) is 3.81. The molecule has 4 nitrogen and oxygen atoms in total. The molecule has 1 unspecified atom stereocenters. The molecule has 4 rings (SSSR count). The third-order valence-electron chi connectivity index (χ3n) is 5.07. The van der Waals surface area contributed by atoms with E-state index in [0.717, 1.165) is 18.2 Å². The van der Waals surface area contributed by atoms with Gasteiger partial charge in [0.15, 0.2) is 6.61 Å². The predicted octanol–water partition coefficient (Wildman–Crippen LogP) is 0.661. The van der Waals surface area contributed by atoms with E-state index in [1.165, 1.54) is 25.9 Å². The molecule has 0 aromatic heterocycles. The number of rotatable bonds is 6. The first-order valence-corrected chi connectivity index (χ1v) is 8.18. The lowest BCUT2D eigenvalue weighted by molar-refractivity contribution is -0.944. The van der Waals surface area contributed by atoms with Crippen LogP contribution in [0.3, 0.4) is 0 Å². The maximum Gasteiger partial charge on any atom is 0.258 e. The van der Waals surface area contributed by atoms with Crippen molar-refractivity contribution in [2.75, 3.05) is 26.2 Å². The van der Waals surface area contributed by atoms with Gasteiger partial charge in [0.2, 0.25) is 0 Å². The fourth-order valence-corrected chi connectivity index (χ4v) is 3.81. The number of fused-ring (bicyclic) bond motifs is 3. The topological polar surface area (TPSA) is 42.8 Å². The van der Waals surface area contributed by atoms with Crippen LogP contribution in [0.4, 0.5) is 0 Å². The van der Waals surface area contributed by atoms with Crippen LogP contribution in [0, 0.1) is 11.8 Å². The maximum absolute atomic E-state index is 11.9. The molecular weight excluding hydrogens is 276 g/mol. The molecule has 0 aliphatic carbocycles. The second kappa shape index (κ2) is 6.97. The molecule has 0 spiro atoms. The van der Waals surface area contributed by atoms with Gasteiger partial charge in [-0.1, -0.05) is 24.3 Å². The third-order valence-corrected chi connectivity index (χ3v) is 5.07. The molecule has 22 heavy (non-hydrogen) atoms. The summed E-state index contributed by atoms with van der Waals surface area (Å²) in [4.78, 5) is 13.5. The zero-order valence-electron chi connectivity index (χ0n) is 13.0. The fraction of sp³-hybridized carbons (Fsp3) is 0.500. The highest BCUT2D eigenvalue weighted by Gasteiger charge is 2.42. The molecule has 3 saturated heterocycles. The third kappa shape index (κ3) is 3.50. The summed E-state index contributed by atoms with van der Waals surface area (Å²) in [6.07, 6.45) is 4.62. The molecule has 118 valence electrons. The van der Waals surface area contributed by atoms with E-state index in [0.29, 0.717) is 12.0 Å². The molecule has 3 aliphatic heterocycles. The Bertz CT molecular complexity index is 517. The van der Waals surface area contributed by atoms with Gasteiger partial charge in [-0.15, -0.1) is 6.58 Å². The van der Waals surface area contributed by atoms with Crippen LogP contribution < -0.4 is 15.0 Å². The van der Waals surface area contributed by atoms with Gasteiger partial charge in [0.1, 0.15) is 11.8 Å². The maximum atomic E-state index is 11.9. The second-order valence-corrected chi connectivity index (χ2v) is 6.40. The lowest BCUT2D eigenvalue weighted by Crippen LogP contribution is -3.20. The largest absolute Gasteiger partial charge is 0.484 e. The van der Waals surface area contributed by atoms with Gasteiger partial charge in [-0.25, -0.2) is 0 Å². The first-order chi connectivity index (χ1) is 10.8. The molecule has 2 bridgehead atoms. The standard InChI is InChI=1S/C18H24N2O2/c1-2-14-12-20-9-8-15(14)10-16(20)11-19-18(21)13-22-17-6-4-3-5-7-17/h2-7,14-16H,1,8-13H2,(H,19,21)/p+1/t14-,15-,16+/m0/s1. The van der Waals surface area contributed by atoms with Crippen LogP contribution in [-0.4, -0.2) is 38.2 Å². The lowest BCUT2D eigenvalue weighted by atomic mass is 9.75. The van der Waals surface area contributed by atoms with Crippen LogP contribution in [0.5, 0.6) is 5.75 Å². The van der Waals surface area contributed by atoms with Gasteiger partial charge >= 0.3 is 0 Å². The molecule has 1 aromatic rings. The summed E-state index contributed by atoms with van der Waals surface area (Å²) in [5, 5.41) is 3.03. The van der Waals surface area contributed by atoms with Crippen LogP contribution >= 0.6 is 0 Å². The SMILES string of the molecule is C=C[C@H]1C[NH+]2CC[C@H]1C[C@@H]2CNC(=O)COc1ccccc1. The summed E-state index contributed by atoms with van der Waals surface area (Å²) < 4.78 is 5.47. The number of ether oxygens (including phenoxy) is 1. The molecule has 4 heteroatoms. The highest BCUT2D eigenvalue weighted by molar-refractivity contribution is 5.77. The van der Waals surface area contributed by atoms with Gasteiger partial charge in [-0.2, -0.15) is 0 Å². The van der Waals surface area contributed by atoms with E-state index in [-0.39, 0.29) is 12.5 Å². The summed E-state index contributed by atoms with van der Waals surface area (Å²) in [6.45, 7) is 7.21. The zero-order valence-corrected chi connectivity index (χ0v) is 13.0. The number of hydrogen-bond acceptors (Lipinski definition) is 2. The van der Waals surface area contributed by atoms with Gasteiger partial charge in [0.05, 0.1) is 19.6 Å². The molecule has 1 aromatic carbocycles. The van der Waals surface area contributed by atoms with Crippen molar-refractivity contribution < 1.29 is 14.4 Å². The second-order valence-electron chi connectivity index (χ2n) is 6.40. The Hall–Kier alpha value is -1.81. The van der Waals surface area contributed by atoms with Crippen molar-refractivity contribution in [2.45, 2.75) is 18.9 Å². The van der Waals surface area contributed by atoms with Crippen LogP contribution in [0.25, 0.3) is 0 Å². The number of para-hydroxylation sites is 1. The van der Waals surface area contributed by atoms with E-state index in [2.05, 4.69) is 18.0 Å². The monoisotopic (exact) mass is 301 g/mol. The first-order valence-electron chi connectivity index (χ1n) is 8.18. The van der Waals surface area contributed by atoms with Crippen molar-refractivity contribution in [2.24, 2.45) is 11.8 Å². The Balaban J connectivity index is 1.41. The average Bonchev–Trinajstić information content (AvgIpc) is 2.59. The molecule has 4 atom stereocenters. The molecular formula is C18H25N2O2+. The Morgan fingerprint density at radius 2 is 2.23 bits per heavy atom. The van der Waals surface area contributed by atoms with Gasteiger partial charge in [0, 0.05) is 18.8 Å². The summed E-state index contributed by atoms with van der Waals surface area (Å²) in [7, 11) is 0. The van der Waals surface area contributed by atoms with Gasteiger partial charge < -0.3 is 15.0 Å². The molecule has 0 radical (unpaired) electrons. The van der Waals surface area contributed by atoms with Gasteiger partial charge in [-0.05, 0) is 18.1 Å². The van der Waals surface area contributed by atoms with Crippen molar-refractivity contribution >= 4 is 5.91 Å². The van der Waals surface area contributed by atoms with Gasteiger partial charge in [-0.3, -0.25) is 4.79 Å². The van der Waals surface area contributed by atoms with Crippen LogP contribution in [0.15, 0.2) is 43.0 Å².